The Balaban J connectivity index is 1.63. The Bertz CT molecular complexity index is 555. The van der Waals surface area contributed by atoms with E-state index in [4.69, 9.17) is 0 Å². The minimum Gasteiger partial charge on any atom is -0.339 e. The fourth-order valence-electron chi connectivity index (χ4n) is 3.55. The van der Waals surface area contributed by atoms with Gasteiger partial charge in [-0.05, 0) is 56.3 Å². The van der Waals surface area contributed by atoms with Crippen molar-refractivity contribution in [3.63, 3.8) is 0 Å². The Morgan fingerprint density at radius 3 is 2.23 bits per heavy atom. The van der Waals surface area contributed by atoms with Crippen LogP contribution >= 0.6 is 0 Å². The second-order valence-electron chi connectivity index (χ2n) is 6.35. The SMILES string of the molecule is O=C(c1ccc([N+](=O)[O-])cc1)N1CCC2(CCNCC2)CC1. The monoisotopic (exact) mass is 303 g/mol. The average Bonchev–Trinajstić information content (AvgIpc) is 2.56. The molecule has 1 aromatic rings. The molecule has 0 aromatic heterocycles. The Morgan fingerprint density at radius 1 is 1.09 bits per heavy atom. The molecule has 1 spiro atoms. The van der Waals surface area contributed by atoms with Crippen LogP contribution in [0, 0.1) is 15.5 Å². The van der Waals surface area contributed by atoms with Crippen LogP contribution in [-0.4, -0.2) is 41.9 Å². The minimum atomic E-state index is -0.448. The normalized spacial score (nSPS) is 20.8. The first-order chi connectivity index (χ1) is 10.6. The molecule has 118 valence electrons. The number of piperidine rings is 2. The largest absolute Gasteiger partial charge is 0.339 e. The lowest BCUT2D eigenvalue weighted by molar-refractivity contribution is -0.384. The highest BCUT2D eigenvalue weighted by molar-refractivity contribution is 5.94. The van der Waals surface area contributed by atoms with Crippen LogP contribution in [-0.2, 0) is 0 Å². The summed E-state index contributed by atoms with van der Waals surface area (Å²) in [4.78, 5) is 24.6. The van der Waals surface area contributed by atoms with E-state index in [0.29, 0.717) is 11.0 Å². The van der Waals surface area contributed by atoms with Gasteiger partial charge < -0.3 is 10.2 Å². The second kappa shape index (κ2) is 6.04. The van der Waals surface area contributed by atoms with Gasteiger partial charge in [-0.3, -0.25) is 14.9 Å². The van der Waals surface area contributed by atoms with Crippen LogP contribution in [0.5, 0.6) is 0 Å². The van der Waals surface area contributed by atoms with E-state index in [2.05, 4.69) is 5.32 Å². The molecular formula is C16H21N3O3. The van der Waals surface area contributed by atoms with Gasteiger partial charge in [-0.25, -0.2) is 0 Å². The molecule has 1 aromatic carbocycles. The number of nitrogens with one attached hydrogen (secondary N) is 1. The molecule has 0 unspecified atom stereocenters. The van der Waals surface area contributed by atoms with Crippen LogP contribution in [0.4, 0.5) is 5.69 Å². The zero-order valence-corrected chi connectivity index (χ0v) is 12.6. The second-order valence-corrected chi connectivity index (χ2v) is 6.35. The molecule has 2 saturated heterocycles. The van der Waals surface area contributed by atoms with Crippen LogP contribution in [0.25, 0.3) is 0 Å². The van der Waals surface area contributed by atoms with Gasteiger partial charge in [0.25, 0.3) is 11.6 Å². The van der Waals surface area contributed by atoms with Gasteiger partial charge in [-0.1, -0.05) is 0 Å². The molecule has 3 rings (SSSR count). The summed E-state index contributed by atoms with van der Waals surface area (Å²) in [5.74, 6) is -0.0151. The third-order valence-electron chi connectivity index (χ3n) is 5.10. The van der Waals surface area contributed by atoms with Crippen LogP contribution in [0.15, 0.2) is 24.3 Å². The van der Waals surface area contributed by atoms with E-state index in [1.165, 1.54) is 25.0 Å². The Hall–Kier alpha value is -1.95. The van der Waals surface area contributed by atoms with Gasteiger partial charge in [0.1, 0.15) is 0 Å². The predicted molar refractivity (Wildman–Crippen MR) is 82.8 cm³/mol. The molecule has 0 radical (unpaired) electrons. The quantitative estimate of drug-likeness (QED) is 0.671. The molecule has 0 aliphatic carbocycles. The summed E-state index contributed by atoms with van der Waals surface area (Å²) in [5, 5.41) is 14.1. The summed E-state index contributed by atoms with van der Waals surface area (Å²) in [5.41, 5.74) is 0.966. The van der Waals surface area contributed by atoms with Gasteiger partial charge in [0.2, 0.25) is 0 Å². The number of likely N-dealkylation sites (tertiary alicyclic amines) is 1. The average molecular weight is 303 g/mol. The zero-order valence-electron chi connectivity index (χ0n) is 12.6. The zero-order chi connectivity index (χ0) is 15.6. The van der Waals surface area contributed by atoms with E-state index >= 15 is 0 Å². The molecule has 2 heterocycles. The van der Waals surface area contributed by atoms with Crippen molar-refractivity contribution < 1.29 is 9.72 Å². The van der Waals surface area contributed by atoms with Gasteiger partial charge in [0.05, 0.1) is 4.92 Å². The molecule has 6 nitrogen and oxygen atoms in total. The van der Waals surface area contributed by atoms with Gasteiger partial charge >= 0.3 is 0 Å². The highest BCUT2D eigenvalue weighted by Gasteiger charge is 2.36. The van der Waals surface area contributed by atoms with Crippen molar-refractivity contribution in [3.8, 4) is 0 Å². The van der Waals surface area contributed by atoms with Crippen LogP contribution in [0.1, 0.15) is 36.0 Å². The third kappa shape index (κ3) is 2.97. The van der Waals surface area contributed by atoms with Crippen molar-refractivity contribution in [2.45, 2.75) is 25.7 Å². The third-order valence-corrected chi connectivity index (χ3v) is 5.10. The number of hydrogen-bond donors (Lipinski definition) is 1. The summed E-state index contributed by atoms with van der Waals surface area (Å²) < 4.78 is 0. The van der Waals surface area contributed by atoms with E-state index in [9.17, 15) is 14.9 Å². The molecule has 2 aliphatic heterocycles. The molecule has 2 aliphatic rings. The fourth-order valence-corrected chi connectivity index (χ4v) is 3.55. The number of carbonyl (C=O) groups is 1. The van der Waals surface area contributed by atoms with Gasteiger partial charge in [-0.15, -0.1) is 0 Å². The first-order valence-electron chi connectivity index (χ1n) is 7.84. The number of nitro groups is 1. The van der Waals surface area contributed by atoms with Gasteiger partial charge in [0.15, 0.2) is 0 Å². The van der Waals surface area contributed by atoms with E-state index in [0.717, 1.165) is 39.0 Å². The molecule has 6 heteroatoms. The standard InChI is InChI=1S/C16H21N3O3/c20-15(13-1-3-14(4-2-13)19(21)22)18-11-7-16(8-12-18)5-9-17-10-6-16/h1-4,17H,5-12H2. The number of carbonyl (C=O) groups excluding carboxylic acids is 1. The Kier molecular flexibility index (Phi) is 4.11. The van der Waals surface area contributed by atoms with Crippen molar-refractivity contribution in [1.29, 1.82) is 0 Å². The van der Waals surface area contributed by atoms with E-state index < -0.39 is 4.92 Å². The first kappa shape index (κ1) is 15.0. The lowest BCUT2D eigenvalue weighted by Crippen LogP contribution is -2.47. The van der Waals surface area contributed by atoms with Gasteiger partial charge in [-0.2, -0.15) is 0 Å². The number of amides is 1. The fraction of sp³-hybridized carbons (Fsp3) is 0.562. The number of nitrogens with zero attached hydrogens (tertiary/aromatic N) is 2. The van der Waals surface area contributed by atoms with E-state index in [1.807, 2.05) is 4.90 Å². The lowest BCUT2D eigenvalue weighted by Gasteiger charge is -2.44. The van der Waals surface area contributed by atoms with Crippen molar-refractivity contribution in [3.05, 3.63) is 39.9 Å². The maximum absolute atomic E-state index is 12.5. The Labute approximate surface area is 129 Å². The molecule has 1 N–H and O–H groups in total. The number of benzene rings is 1. The smallest absolute Gasteiger partial charge is 0.269 e. The van der Waals surface area contributed by atoms with Crippen molar-refractivity contribution >= 4 is 11.6 Å². The van der Waals surface area contributed by atoms with Crippen LogP contribution in [0.2, 0.25) is 0 Å². The number of rotatable bonds is 2. The number of non-ortho nitro benzene ring substituents is 1. The first-order valence-corrected chi connectivity index (χ1v) is 7.84. The maximum atomic E-state index is 12.5. The molecule has 2 fully saturated rings. The summed E-state index contributed by atoms with van der Waals surface area (Å²) in [7, 11) is 0. The van der Waals surface area contributed by atoms with Gasteiger partial charge in [0, 0.05) is 30.8 Å². The van der Waals surface area contributed by atoms with Crippen LogP contribution < -0.4 is 5.32 Å². The summed E-state index contributed by atoms with van der Waals surface area (Å²) in [6.45, 7) is 3.73. The molecule has 0 saturated carbocycles. The molecule has 0 atom stereocenters. The maximum Gasteiger partial charge on any atom is 0.269 e. The van der Waals surface area contributed by atoms with E-state index in [1.54, 1.807) is 12.1 Å². The van der Waals surface area contributed by atoms with Crippen molar-refractivity contribution in [2.75, 3.05) is 26.2 Å². The molecule has 0 bridgehead atoms. The number of hydrogen-bond acceptors (Lipinski definition) is 4. The predicted octanol–water partition coefficient (Wildman–Crippen LogP) is 2.20. The summed E-state index contributed by atoms with van der Waals surface area (Å²) >= 11 is 0. The van der Waals surface area contributed by atoms with E-state index in [-0.39, 0.29) is 11.6 Å². The number of nitro benzene ring substituents is 1. The minimum absolute atomic E-state index is 0.0151. The van der Waals surface area contributed by atoms with Crippen molar-refractivity contribution in [1.82, 2.24) is 10.2 Å². The Morgan fingerprint density at radius 2 is 1.68 bits per heavy atom. The summed E-state index contributed by atoms with van der Waals surface area (Å²) in [6, 6.07) is 5.89. The molecule has 1 amide bonds. The lowest BCUT2D eigenvalue weighted by atomic mass is 9.71. The highest BCUT2D eigenvalue weighted by Crippen LogP contribution is 2.39. The topological polar surface area (TPSA) is 75.5 Å². The van der Waals surface area contributed by atoms with Crippen molar-refractivity contribution in [2.24, 2.45) is 5.41 Å². The van der Waals surface area contributed by atoms with Crippen LogP contribution in [0.3, 0.4) is 0 Å². The molecular weight excluding hydrogens is 282 g/mol. The highest BCUT2D eigenvalue weighted by atomic mass is 16.6. The summed E-state index contributed by atoms with van der Waals surface area (Å²) in [6.07, 6.45) is 4.53. The molecule has 22 heavy (non-hydrogen) atoms.